The summed E-state index contributed by atoms with van der Waals surface area (Å²) in [7, 11) is 4.18. The molecule has 2 heterocycles. The molecule has 0 unspecified atom stereocenters. The molecule has 0 radical (unpaired) electrons. The first-order valence-corrected chi connectivity index (χ1v) is 6.71. The maximum Gasteiger partial charge on any atom is 0.122 e. The molecule has 0 aromatic carbocycles. The molecule has 1 N–H and O–H groups in total. The molecule has 1 saturated heterocycles. The van der Waals surface area contributed by atoms with Gasteiger partial charge >= 0.3 is 0 Å². The van der Waals surface area contributed by atoms with Gasteiger partial charge in [-0.3, -0.25) is 4.90 Å². The zero-order chi connectivity index (χ0) is 12.8. The Balaban J connectivity index is 1.62. The van der Waals surface area contributed by atoms with Crippen LogP contribution in [-0.4, -0.2) is 53.8 Å². The van der Waals surface area contributed by atoms with Crippen molar-refractivity contribution < 1.29 is 4.74 Å². The minimum absolute atomic E-state index is 0.639. The van der Waals surface area contributed by atoms with Gasteiger partial charge in [0.2, 0.25) is 0 Å². The number of nitrogens with zero attached hydrogens (tertiary/aromatic N) is 3. The van der Waals surface area contributed by atoms with E-state index < -0.39 is 0 Å². The van der Waals surface area contributed by atoms with E-state index >= 15 is 0 Å². The van der Waals surface area contributed by atoms with Crippen molar-refractivity contribution in [1.82, 2.24) is 19.8 Å². The Kier molecular flexibility index (Phi) is 5.16. The average molecular weight is 252 g/mol. The number of aryl methyl sites for hydroxylation is 1. The van der Waals surface area contributed by atoms with Crippen LogP contribution in [0.15, 0.2) is 12.4 Å². The summed E-state index contributed by atoms with van der Waals surface area (Å²) in [6, 6.07) is 0.639. The summed E-state index contributed by atoms with van der Waals surface area (Å²) in [4.78, 5) is 6.64. The van der Waals surface area contributed by atoms with Crippen molar-refractivity contribution >= 4 is 0 Å². The monoisotopic (exact) mass is 252 g/mol. The molecule has 0 bridgehead atoms. The lowest BCUT2D eigenvalue weighted by Crippen LogP contribution is -2.39. The lowest BCUT2D eigenvalue weighted by Gasteiger charge is -2.24. The molecular formula is C13H24N4O. The third kappa shape index (κ3) is 4.08. The molecule has 18 heavy (non-hydrogen) atoms. The predicted octanol–water partition coefficient (Wildman–Crippen LogP) is 0.620. The van der Waals surface area contributed by atoms with E-state index in [1.807, 2.05) is 19.4 Å². The lowest BCUT2D eigenvalue weighted by molar-refractivity contribution is 0.0774. The van der Waals surface area contributed by atoms with Gasteiger partial charge in [0.25, 0.3) is 0 Å². The molecule has 5 heteroatoms. The summed E-state index contributed by atoms with van der Waals surface area (Å²) in [6.45, 7) is 4.79. The van der Waals surface area contributed by atoms with Crippen LogP contribution in [0.2, 0.25) is 0 Å². The van der Waals surface area contributed by atoms with E-state index in [2.05, 4.69) is 26.8 Å². The van der Waals surface area contributed by atoms with E-state index in [0.717, 1.165) is 51.5 Å². The number of rotatable bonds is 6. The number of ether oxygens (including phenoxy) is 1. The molecule has 0 atom stereocenters. The van der Waals surface area contributed by atoms with E-state index in [1.54, 1.807) is 0 Å². The minimum Gasteiger partial charge on any atom is -0.381 e. The lowest BCUT2D eigenvalue weighted by atomic mass is 10.1. The van der Waals surface area contributed by atoms with Gasteiger partial charge in [0, 0.05) is 51.8 Å². The average Bonchev–Trinajstić information content (AvgIpc) is 2.76. The predicted molar refractivity (Wildman–Crippen MR) is 71.4 cm³/mol. The summed E-state index contributed by atoms with van der Waals surface area (Å²) >= 11 is 0. The van der Waals surface area contributed by atoms with Crippen LogP contribution >= 0.6 is 0 Å². The maximum atomic E-state index is 5.35. The van der Waals surface area contributed by atoms with Crippen molar-refractivity contribution in [2.75, 3.05) is 33.4 Å². The van der Waals surface area contributed by atoms with Gasteiger partial charge in [0.05, 0.1) is 6.54 Å². The van der Waals surface area contributed by atoms with E-state index in [0.29, 0.717) is 6.04 Å². The topological polar surface area (TPSA) is 42.3 Å². The smallest absolute Gasteiger partial charge is 0.122 e. The van der Waals surface area contributed by atoms with Gasteiger partial charge in [0.1, 0.15) is 5.82 Å². The van der Waals surface area contributed by atoms with Gasteiger partial charge in [-0.2, -0.15) is 0 Å². The Bertz CT molecular complexity index is 347. The largest absolute Gasteiger partial charge is 0.381 e. The highest BCUT2D eigenvalue weighted by atomic mass is 16.5. The first-order chi connectivity index (χ1) is 8.75. The van der Waals surface area contributed by atoms with Crippen molar-refractivity contribution in [1.29, 1.82) is 0 Å². The number of imidazole rings is 1. The van der Waals surface area contributed by atoms with Gasteiger partial charge < -0.3 is 14.6 Å². The molecule has 0 saturated carbocycles. The summed E-state index contributed by atoms with van der Waals surface area (Å²) in [6.07, 6.45) is 6.12. The Morgan fingerprint density at radius 1 is 1.50 bits per heavy atom. The first kappa shape index (κ1) is 13.5. The third-order valence-electron chi connectivity index (χ3n) is 3.48. The van der Waals surface area contributed by atoms with Crippen LogP contribution in [0.1, 0.15) is 18.7 Å². The summed E-state index contributed by atoms with van der Waals surface area (Å²) < 4.78 is 7.42. The fraction of sp³-hybridized carbons (Fsp3) is 0.769. The number of hydrogen-bond acceptors (Lipinski definition) is 4. The van der Waals surface area contributed by atoms with Gasteiger partial charge in [-0.25, -0.2) is 4.98 Å². The zero-order valence-electron chi connectivity index (χ0n) is 11.4. The van der Waals surface area contributed by atoms with Crippen LogP contribution in [0.25, 0.3) is 0 Å². The van der Waals surface area contributed by atoms with Crippen molar-refractivity contribution in [2.24, 2.45) is 7.05 Å². The Hall–Kier alpha value is -0.910. The van der Waals surface area contributed by atoms with Crippen LogP contribution < -0.4 is 5.32 Å². The van der Waals surface area contributed by atoms with Gasteiger partial charge in [0.15, 0.2) is 0 Å². The highest BCUT2D eigenvalue weighted by Crippen LogP contribution is 2.05. The highest BCUT2D eigenvalue weighted by molar-refractivity contribution is 4.90. The Morgan fingerprint density at radius 2 is 2.28 bits per heavy atom. The van der Waals surface area contributed by atoms with Crippen LogP contribution in [0.3, 0.4) is 0 Å². The van der Waals surface area contributed by atoms with E-state index in [-0.39, 0.29) is 0 Å². The number of hydrogen-bond donors (Lipinski definition) is 1. The Morgan fingerprint density at radius 3 is 2.94 bits per heavy atom. The van der Waals surface area contributed by atoms with Crippen LogP contribution in [0, 0.1) is 0 Å². The van der Waals surface area contributed by atoms with E-state index in [1.165, 1.54) is 0 Å². The van der Waals surface area contributed by atoms with Gasteiger partial charge in [-0.1, -0.05) is 0 Å². The maximum absolute atomic E-state index is 5.35. The SMILES string of the molecule is CN(CCNC1CCOCC1)Cc1nccn1C. The van der Waals surface area contributed by atoms with Crippen LogP contribution in [-0.2, 0) is 18.3 Å². The number of nitrogens with one attached hydrogen (secondary N) is 1. The molecule has 1 fully saturated rings. The van der Waals surface area contributed by atoms with Gasteiger partial charge in [-0.15, -0.1) is 0 Å². The molecule has 1 aromatic rings. The van der Waals surface area contributed by atoms with E-state index in [9.17, 15) is 0 Å². The molecule has 0 amide bonds. The normalized spacial score (nSPS) is 17.5. The molecule has 1 aliphatic rings. The summed E-state index contributed by atoms with van der Waals surface area (Å²) in [5.74, 6) is 1.11. The molecule has 2 rings (SSSR count). The molecule has 1 aliphatic heterocycles. The summed E-state index contributed by atoms with van der Waals surface area (Å²) in [5, 5.41) is 3.60. The molecule has 5 nitrogen and oxygen atoms in total. The second-order valence-electron chi connectivity index (χ2n) is 5.03. The zero-order valence-corrected chi connectivity index (χ0v) is 11.4. The van der Waals surface area contributed by atoms with Crippen molar-refractivity contribution in [3.05, 3.63) is 18.2 Å². The molecule has 0 aliphatic carbocycles. The van der Waals surface area contributed by atoms with Crippen molar-refractivity contribution in [3.8, 4) is 0 Å². The number of likely N-dealkylation sites (N-methyl/N-ethyl adjacent to an activating group) is 1. The second kappa shape index (κ2) is 6.87. The fourth-order valence-corrected chi connectivity index (χ4v) is 2.23. The number of aromatic nitrogens is 2. The van der Waals surface area contributed by atoms with Gasteiger partial charge in [-0.05, 0) is 19.9 Å². The highest BCUT2D eigenvalue weighted by Gasteiger charge is 2.12. The Labute approximate surface area is 109 Å². The van der Waals surface area contributed by atoms with Crippen molar-refractivity contribution in [3.63, 3.8) is 0 Å². The second-order valence-corrected chi connectivity index (χ2v) is 5.03. The van der Waals surface area contributed by atoms with Crippen LogP contribution in [0.5, 0.6) is 0 Å². The minimum atomic E-state index is 0.639. The molecule has 0 spiro atoms. The van der Waals surface area contributed by atoms with E-state index in [4.69, 9.17) is 4.74 Å². The molecule has 102 valence electrons. The third-order valence-corrected chi connectivity index (χ3v) is 3.48. The summed E-state index contributed by atoms with van der Waals surface area (Å²) in [5.41, 5.74) is 0. The molecular weight excluding hydrogens is 228 g/mol. The quantitative estimate of drug-likeness (QED) is 0.806. The standard InChI is InChI=1S/C13H24N4O/c1-16(11-13-15-6-8-17(13)2)7-5-14-12-3-9-18-10-4-12/h6,8,12,14H,3-5,7,9-11H2,1-2H3. The van der Waals surface area contributed by atoms with Crippen molar-refractivity contribution in [2.45, 2.75) is 25.4 Å². The first-order valence-electron chi connectivity index (χ1n) is 6.71. The fourth-order valence-electron chi connectivity index (χ4n) is 2.23. The molecule has 1 aromatic heterocycles. The van der Waals surface area contributed by atoms with Crippen LogP contribution in [0.4, 0.5) is 0 Å².